The summed E-state index contributed by atoms with van der Waals surface area (Å²) in [7, 11) is -3.72. The van der Waals surface area contributed by atoms with Crippen LogP contribution in [0, 0.1) is 11.8 Å². The van der Waals surface area contributed by atoms with Gasteiger partial charge in [-0.15, -0.1) is 11.4 Å². The van der Waals surface area contributed by atoms with Crippen molar-refractivity contribution >= 4 is 21.8 Å². The van der Waals surface area contributed by atoms with E-state index in [-0.39, 0.29) is 18.8 Å². The van der Waals surface area contributed by atoms with E-state index in [1.807, 2.05) is 19.9 Å². The number of nitrogens with one attached hydrogen (secondary N) is 3. The van der Waals surface area contributed by atoms with Gasteiger partial charge in [0.1, 0.15) is 0 Å². The normalized spacial score (nSPS) is 19.3. The van der Waals surface area contributed by atoms with E-state index in [0.29, 0.717) is 18.6 Å². The van der Waals surface area contributed by atoms with Gasteiger partial charge in [-0.2, -0.15) is 0 Å². The molecule has 0 saturated carbocycles. The number of hydrazine groups is 1. The van der Waals surface area contributed by atoms with Gasteiger partial charge in [0.25, 0.3) is 0 Å². The van der Waals surface area contributed by atoms with Gasteiger partial charge < -0.3 is 4.74 Å². The SMILES string of the molecule is C=CC[C@H](C(=O)NOC1CCCCO1)[C@@](CC(C)C)(C(=O)NNS(C)(=O)=O)c1ccccc1. The third-order valence-electron chi connectivity index (χ3n) is 5.52. The second kappa shape index (κ2) is 12.3. The molecule has 3 atom stereocenters. The zero-order valence-electron chi connectivity index (χ0n) is 19.5. The zero-order valence-corrected chi connectivity index (χ0v) is 20.3. The molecular weight excluding hydrogens is 446 g/mol. The van der Waals surface area contributed by atoms with Crippen LogP contribution in [-0.4, -0.2) is 39.4 Å². The Hall–Kier alpha value is -2.27. The number of benzene rings is 1. The minimum atomic E-state index is -3.72. The van der Waals surface area contributed by atoms with Crippen molar-refractivity contribution in [2.75, 3.05) is 12.9 Å². The van der Waals surface area contributed by atoms with Gasteiger partial charge in [0.15, 0.2) is 6.29 Å². The number of hydrogen-bond donors (Lipinski definition) is 3. The Morgan fingerprint density at radius 2 is 1.97 bits per heavy atom. The standard InChI is InChI=1S/C23H35N3O6S/c1-5-11-19(21(27)25-32-20-14-9-10-15-31-20)23(16-17(2)3,18-12-7-6-8-13-18)22(28)24-26-33(4,29)30/h5-8,12-13,17,19-20,26H,1,9-11,14-16H2,2-4H3,(H,24,28)(H,25,27)/t19-,20?,23+/m1/s1. The zero-order chi connectivity index (χ0) is 24.5. The lowest BCUT2D eigenvalue weighted by atomic mass is 9.63. The molecule has 10 heteroatoms. The average Bonchev–Trinajstić information content (AvgIpc) is 2.78. The lowest BCUT2D eigenvalue weighted by molar-refractivity contribution is -0.203. The minimum Gasteiger partial charge on any atom is -0.350 e. The Kier molecular flexibility index (Phi) is 10.0. The number of amides is 2. The molecule has 0 spiro atoms. The number of hydroxylamine groups is 1. The topological polar surface area (TPSA) is 123 Å². The first kappa shape index (κ1) is 27.0. The Labute approximate surface area is 196 Å². The quantitative estimate of drug-likeness (QED) is 0.311. The van der Waals surface area contributed by atoms with Crippen molar-refractivity contribution in [2.24, 2.45) is 11.8 Å². The minimum absolute atomic E-state index is 0.00287. The van der Waals surface area contributed by atoms with Crippen LogP contribution >= 0.6 is 0 Å². The van der Waals surface area contributed by atoms with Crippen molar-refractivity contribution in [1.82, 2.24) is 15.7 Å². The smallest absolute Gasteiger partial charge is 0.248 e. The van der Waals surface area contributed by atoms with Gasteiger partial charge in [-0.3, -0.25) is 15.0 Å². The molecule has 2 rings (SSSR count). The third-order valence-corrected chi connectivity index (χ3v) is 5.99. The molecule has 1 fully saturated rings. The van der Waals surface area contributed by atoms with Crippen LogP contribution < -0.4 is 15.7 Å². The molecular formula is C23H35N3O6S. The first-order valence-electron chi connectivity index (χ1n) is 11.1. The van der Waals surface area contributed by atoms with E-state index in [1.54, 1.807) is 30.3 Å². The summed E-state index contributed by atoms with van der Waals surface area (Å²) in [5.41, 5.74) is 3.98. The maximum Gasteiger partial charge on any atom is 0.248 e. The molecule has 33 heavy (non-hydrogen) atoms. The number of allylic oxidation sites excluding steroid dienone is 1. The fourth-order valence-electron chi connectivity index (χ4n) is 4.17. The second-order valence-corrected chi connectivity index (χ2v) is 10.5. The molecule has 1 aliphatic rings. The Balaban J connectivity index is 2.47. The Morgan fingerprint density at radius 1 is 1.27 bits per heavy atom. The molecule has 0 bridgehead atoms. The van der Waals surface area contributed by atoms with Gasteiger partial charge in [0.2, 0.25) is 21.8 Å². The van der Waals surface area contributed by atoms with Crippen LogP contribution in [0.1, 0.15) is 51.5 Å². The fraction of sp³-hybridized carbons (Fsp3) is 0.565. The fourth-order valence-corrected chi connectivity index (χ4v) is 4.45. The summed E-state index contributed by atoms with van der Waals surface area (Å²) < 4.78 is 28.9. The number of carbonyl (C=O) groups is 2. The van der Waals surface area contributed by atoms with Crippen LogP contribution in [0.25, 0.3) is 0 Å². The summed E-state index contributed by atoms with van der Waals surface area (Å²) in [5, 5.41) is 0. The monoisotopic (exact) mass is 481 g/mol. The molecule has 3 N–H and O–H groups in total. The van der Waals surface area contributed by atoms with Crippen molar-refractivity contribution in [3.63, 3.8) is 0 Å². The van der Waals surface area contributed by atoms with E-state index in [9.17, 15) is 18.0 Å². The van der Waals surface area contributed by atoms with Crippen molar-refractivity contribution in [3.8, 4) is 0 Å². The molecule has 1 heterocycles. The van der Waals surface area contributed by atoms with Gasteiger partial charge in [-0.25, -0.2) is 18.7 Å². The third kappa shape index (κ3) is 7.63. The van der Waals surface area contributed by atoms with Crippen molar-refractivity contribution in [2.45, 2.75) is 57.7 Å². The lowest BCUT2D eigenvalue weighted by Crippen LogP contribution is -2.58. The van der Waals surface area contributed by atoms with E-state index < -0.39 is 39.5 Å². The van der Waals surface area contributed by atoms with Gasteiger partial charge in [-0.05, 0) is 37.2 Å². The van der Waals surface area contributed by atoms with Crippen LogP contribution in [0.3, 0.4) is 0 Å². The summed E-state index contributed by atoms with van der Waals surface area (Å²) >= 11 is 0. The molecule has 0 aliphatic carbocycles. The lowest BCUT2D eigenvalue weighted by Gasteiger charge is -2.40. The van der Waals surface area contributed by atoms with Crippen LogP contribution in [0.4, 0.5) is 0 Å². The maximum atomic E-state index is 13.7. The largest absolute Gasteiger partial charge is 0.350 e. The second-order valence-electron chi connectivity index (χ2n) is 8.72. The number of sulfonamides is 1. The number of hydrogen-bond acceptors (Lipinski definition) is 6. The highest BCUT2D eigenvalue weighted by molar-refractivity contribution is 7.88. The molecule has 2 amide bonds. The highest BCUT2D eigenvalue weighted by atomic mass is 32.2. The van der Waals surface area contributed by atoms with Gasteiger partial charge in [0, 0.05) is 13.0 Å². The molecule has 1 aromatic carbocycles. The molecule has 0 aromatic heterocycles. The molecule has 1 saturated heterocycles. The van der Waals surface area contributed by atoms with E-state index in [0.717, 1.165) is 19.1 Å². The van der Waals surface area contributed by atoms with Crippen LogP contribution in [0.15, 0.2) is 43.0 Å². The van der Waals surface area contributed by atoms with Crippen LogP contribution in [0.5, 0.6) is 0 Å². The molecule has 1 aromatic rings. The first-order valence-corrected chi connectivity index (χ1v) is 13.0. The number of rotatable bonds is 12. The predicted molar refractivity (Wildman–Crippen MR) is 125 cm³/mol. The summed E-state index contributed by atoms with van der Waals surface area (Å²) in [6.07, 6.45) is 4.91. The highest BCUT2D eigenvalue weighted by Gasteiger charge is 2.50. The first-order chi connectivity index (χ1) is 15.6. The number of ether oxygens (including phenoxy) is 1. The van der Waals surface area contributed by atoms with Crippen molar-refractivity contribution < 1.29 is 27.6 Å². The molecule has 1 unspecified atom stereocenters. The predicted octanol–water partition coefficient (Wildman–Crippen LogP) is 2.32. The molecule has 0 radical (unpaired) electrons. The van der Waals surface area contributed by atoms with E-state index in [4.69, 9.17) is 9.57 Å². The summed E-state index contributed by atoms with van der Waals surface area (Å²) in [5.74, 6) is -2.08. The highest BCUT2D eigenvalue weighted by Crippen LogP contribution is 2.41. The molecule has 1 aliphatic heterocycles. The van der Waals surface area contributed by atoms with Crippen molar-refractivity contribution in [1.29, 1.82) is 0 Å². The van der Waals surface area contributed by atoms with Gasteiger partial charge in [0.05, 0.1) is 17.6 Å². The Bertz CT molecular complexity index is 900. The van der Waals surface area contributed by atoms with E-state index >= 15 is 0 Å². The van der Waals surface area contributed by atoms with E-state index in [2.05, 4.69) is 22.3 Å². The summed E-state index contributed by atoms with van der Waals surface area (Å²) in [4.78, 5) is 34.6. The summed E-state index contributed by atoms with van der Waals surface area (Å²) in [6.45, 7) is 8.20. The summed E-state index contributed by atoms with van der Waals surface area (Å²) in [6, 6.07) is 8.88. The van der Waals surface area contributed by atoms with E-state index in [1.165, 1.54) is 0 Å². The van der Waals surface area contributed by atoms with Crippen LogP contribution in [-0.2, 0) is 34.6 Å². The Morgan fingerprint density at radius 3 is 2.52 bits per heavy atom. The maximum absolute atomic E-state index is 13.7. The van der Waals surface area contributed by atoms with Crippen molar-refractivity contribution in [3.05, 3.63) is 48.6 Å². The average molecular weight is 482 g/mol. The van der Waals surface area contributed by atoms with Crippen LogP contribution in [0.2, 0.25) is 0 Å². The molecule has 184 valence electrons. The van der Waals surface area contributed by atoms with Gasteiger partial charge >= 0.3 is 0 Å². The van der Waals surface area contributed by atoms with Gasteiger partial charge in [-0.1, -0.05) is 50.3 Å². The number of carbonyl (C=O) groups excluding carboxylic acids is 2. The molecule has 9 nitrogen and oxygen atoms in total.